The zero-order chi connectivity index (χ0) is 20.9. The van der Waals surface area contributed by atoms with Gasteiger partial charge in [-0.15, -0.1) is 12.4 Å². The van der Waals surface area contributed by atoms with Crippen LogP contribution in [0.15, 0.2) is 60.7 Å². The fraction of sp³-hybridized carbons (Fsp3) is 0.346. The van der Waals surface area contributed by atoms with E-state index in [9.17, 15) is 0 Å². The predicted octanol–water partition coefficient (Wildman–Crippen LogP) is 5.40. The van der Waals surface area contributed by atoms with Gasteiger partial charge in [-0.1, -0.05) is 62.4 Å². The van der Waals surface area contributed by atoms with Gasteiger partial charge in [0.2, 0.25) is 0 Å². The van der Waals surface area contributed by atoms with Crippen LogP contribution in [-0.4, -0.2) is 40.6 Å². The topological polar surface area (TPSA) is 33.1 Å². The molecular formula is C26H33ClN4. The van der Waals surface area contributed by atoms with Gasteiger partial charge in [0.25, 0.3) is 0 Å². The third-order valence-electron chi connectivity index (χ3n) is 5.96. The van der Waals surface area contributed by atoms with Crippen LogP contribution < -0.4 is 5.32 Å². The third kappa shape index (κ3) is 5.09. The molecule has 5 heteroatoms. The minimum absolute atomic E-state index is 0. The molecule has 4 rings (SSSR count). The van der Waals surface area contributed by atoms with Gasteiger partial charge >= 0.3 is 0 Å². The Balaban J connectivity index is 0.00000272. The molecule has 0 saturated carbocycles. The van der Waals surface area contributed by atoms with E-state index in [0.717, 1.165) is 50.7 Å². The molecule has 2 heterocycles. The van der Waals surface area contributed by atoms with Crippen LogP contribution in [0.4, 0.5) is 0 Å². The van der Waals surface area contributed by atoms with E-state index in [1.54, 1.807) is 0 Å². The fourth-order valence-electron chi connectivity index (χ4n) is 4.35. The van der Waals surface area contributed by atoms with Gasteiger partial charge in [-0.05, 0) is 37.7 Å². The molecule has 31 heavy (non-hydrogen) atoms. The summed E-state index contributed by atoms with van der Waals surface area (Å²) in [6.45, 7) is 12.5. The standard InChI is InChI=1S/C26H32N4.ClH/c1-4-29(5-2)16-15-27-18-22-17-24-23-13-9-10-14-25(23)30(26(24)20(3)28-22)19-21-11-7-6-8-12-21;/h6-14,17,27H,4-5,15-16,18-19H2,1-3H3;1H. The maximum absolute atomic E-state index is 4.96. The average Bonchev–Trinajstić information content (AvgIpc) is 3.09. The molecule has 0 aliphatic carbocycles. The Morgan fingerprint density at radius 2 is 1.65 bits per heavy atom. The molecule has 2 aromatic heterocycles. The van der Waals surface area contributed by atoms with Crippen molar-refractivity contribution >= 4 is 34.2 Å². The van der Waals surface area contributed by atoms with Crippen LogP contribution in [0.2, 0.25) is 0 Å². The van der Waals surface area contributed by atoms with Crippen molar-refractivity contribution in [2.75, 3.05) is 26.2 Å². The first-order valence-electron chi connectivity index (χ1n) is 11.1. The number of para-hydroxylation sites is 1. The summed E-state index contributed by atoms with van der Waals surface area (Å²) in [6.07, 6.45) is 0. The van der Waals surface area contributed by atoms with Crippen LogP contribution in [0, 0.1) is 6.92 Å². The number of nitrogens with zero attached hydrogens (tertiary/aromatic N) is 3. The van der Waals surface area contributed by atoms with Crippen molar-refractivity contribution in [1.82, 2.24) is 19.8 Å². The molecule has 0 saturated heterocycles. The summed E-state index contributed by atoms with van der Waals surface area (Å²) in [5, 5.41) is 6.18. The first kappa shape index (κ1) is 23.3. The summed E-state index contributed by atoms with van der Waals surface area (Å²) in [5.41, 5.74) is 6.03. The second-order valence-corrected chi connectivity index (χ2v) is 7.89. The van der Waals surface area contributed by atoms with Gasteiger partial charge < -0.3 is 14.8 Å². The van der Waals surface area contributed by atoms with Crippen molar-refractivity contribution in [3.63, 3.8) is 0 Å². The van der Waals surface area contributed by atoms with Crippen molar-refractivity contribution in [3.05, 3.63) is 77.6 Å². The maximum Gasteiger partial charge on any atom is 0.0711 e. The number of aryl methyl sites for hydroxylation is 1. The fourth-order valence-corrected chi connectivity index (χ4v) is 4.35. The molecule has 0 unspecified atom stereocenters. The Morgan fingerprint density at radius 1 is 0.935 bits per heavy atom. The highest BCUT2D eigenvalue weighted by molar-refractivity contribution is 6.08. The number of hydrogen-bond donors (Lipinski definition) is 1. The molecule has 0 radical (unpaired) electrons. The summed E-state index contributed by atoms with van der Waals surface area (Å²) in [7, 11) is 0. The quantitative estimate of drug-likeness (QED) is 0.356. The molecule has 164 valence electrons. The Kier molecular flexibility index (Phi) is 8.08. The third-order valence-corrected chi connectivity index (χ3v) is 5.96. The Hall–Kier alpha value is -2.40. The maximum atomic E-state index is 4.96. The number of fused-ring (bicyclic) bond motifs is 3. The van der Waals surface area contributed by atoms with Crippen molar-refractivity contribution < 1.29 is 0 Å². The first-order chi connectivity index (χ1) is 14.7. The van der Waals surface area contributed by atoms with Crippen molar-refractivity contribution in [2.24, 2.45) is 0 Å². The van der Waals surface area contributed by atoms with E-state index in [0.29, 0.717) is 0 Å². The summed E-state index contributed by atoms with van der Waals surface area (Å²) >= 11 is 0. The molecule has 0 aliphatic rings. The summed E-state index contributed by atoms with van der Waals surface area (Å²) in [4.78, 5) is 7.40. The average molecular weight is 437 g/mol. The Bertz CT molecular complexity index is 1120. The van der Waals surface area contributed by atoms with Gasteiger partial charge in [0.05, 0.1) is 16.9 Å². The second-order valence-electron chi connectivity index (χ2n) is 7.89. The number of benzene rings is 2. The number of hydrogen-bond acceptors (Lipinski definition) is 3. The number of nitrogens with one attached hydrogen (secondary N) is 1. The molecule has 0 atom stereocenters. The lowest BCUT2D eigenvalue weighted by Gasteiger charge is -2.18. The summed E-state index contributed by atoms with van der Waals surface area (Å²) in [6, 6.07) is 21.7. The van der Waals surface area contributed by atoms with Gasteiger partial charge in [-0.25, -0.2) is 0 Å². The van der Waals surface area contributed by atoms with Crippen molar-refractivity contribution in [3.8, 4) is 0 Å². The molecule has 4 nitrogen and oxygen atoms in total. The van der Waals surface area contributed by atoms with Gasteiger partial charge in [-0.3, -0.25) is 4.98 Å². The van der Waals surface area contributed by atoms with Crippen LogP contribution >= 0.6 is 12.4 Å². The highest BCUT2D eigenvalue weighted by atomic mass is 35.5. The molecule has 0 aliphatic heterocycles. The highest BCUT2D eigenvalue weighted by Gasteiger charge is 2.15. The van der Waals surface area contributed by atoms with Crippen molar-refractivity contribution in [1.29, 1.82) is 0 Å². The van der Waals surface area contributed by atoms with Crippen LogP contribution in [0.3, 0.4) is 0 Å². The lowest BCUT2D eigenvalue weighted by Crippen LogP contribution is -2.31. The molecule has 0 spiro atoms. The number of aromatic nitrogens is 2. The molecule has 4 aromatic rings. The monoisotopic (exact) mass is 436 g/mol. The molecule has 0 bridgehead atoms. The largest absolute Gasteiger partial charge is 0.334 e. The normalized spacial score (nSPS) is 11.4. The van der Waals surface area contributed by atoms with E-state index in [1.807, 2.05) is 0 Å². The summed E-state index contributed by atoms with van der Waals surface area (Å²) in [5.74, 6) is 0. The van der Waals surface area contributed by atoms with E-state index in [1.165, 1.54) is 27.4 Å². The van der Waals surface area contributed by atoms with Crippen LogP contribution in [0.25, 0.3) is 21.8 Å². The Labute approximate surface area is 191 Å². The lowest BCUT2D eigenvalue weighted by molar-refractivity contribution is 0.302. The van der Waals surface area contributed by atoms with Gasteiger partial charge in [0.15, 0.2) is 0 Å². The number of pyridine rings is 1. The number of halogens is 1. The molecule has 2 aromatic carbocycles. The number of likely N-dealkylation sites (N-methyl/N-ethyl adjacent to an activating group) is 1. The SMILES string of the molecule is CCN(CC)CCNCc1cc2c3ccccc3n(Cc3ccccc3)c2c(C)n1.Cl. The lowest BCUT2D eigenvalue weighted by atomic mass is 10.1. The van der Waals surface area contributed by atoms with E-state index in [2.05, 4.69) is 96.2 Å². The zero-order valence-electron chi connectivity index (χ0n) is 18.8. The highest BCUT2D eigenvalue weighted by Crippen LogP contribution is 2.31. The van der Waals surface area contributed by atoms with Crippen LogP contribution in [-0.2, 0) is 13.1 Å². The molecule has 0 amide bonds. The molecular weight excluding hydrogens is 404 g/mol. The van der Waals surface area contributed by atoms with Gasteiger partial charge in [0.1, 0.15) is 0 Å². The van der Waals surface area contributed by atoms with Crippen LogP contribution in [0.5, 0.6) is 0 Å². The predicted molar refractivity (Wildman–Crippen MR) is 134 cm³/mol. The minimum atomic E-state index is 0. The van der Waals surface area contributed by atoms with E-state index < -0.39 is 0 Å². The van der Waals surface area contributed by atoms with E-state index in [4.69, 9.17) is 4.98 Å². The summed E-state index contributed by atoms with van der Waals surface area (Å²) < 4.78 is 2.42. The second kappa shape index (κ2) is 10.8. The van der Waals surface area contributed by atoms with Crippen molar-refractivity contribution in [2.45, 2.75) is 33.9 Å². The molecule has 1 N–H and O–H groups in total. The number of rotatable bonds is 9. The van der Waals surface area contributed by atoms with Gasteiger partial charge in [0, 0.05) is 42.5 Å². The van der Waals surface area contributed by atoms with Gasteiger partial charge in [-0.2, -0.15) is 0 Å². The smallest absolute Gasteiger partial charge is 0.0711 e. The van der Waals surface area contributed by atoms with Crippen LogP contribution in [0.1, 0.15) is 30.8 Å². The zero-order valence-corrected chi connectivity index (χ0v) is 19.6. The van der Waals surface area contributed by atoms with E-state index >= 15 is 0 Å². The Morgan fingerprint density at radius 3 is 2.39 bits per heavy atom. The van der Waals surface area contributed by atoms with E-state index in [-0.39, 0.29) is 12.4 Å². The minimum Gasteiger partial charge on any atom is -0.334 e. The molecule has 0 fully saturated rings. The first-order valence-corrected chi connectivity index (χ1v) is 11.1.